The topological polar surface area (TPSA) is 103 Å². The van der Waals surface area contributed by atoms with Crippen LogP contribution in [0.4, 0.5) is 31.5 Å². The van der Waals surface area contributed by atoms with Gasteiger partial charge in [-0.2, -0.15) is 8.78 Å². The van der Waals surface area contributed by atoms with Crippen molar-refractivity contribution in [2.24, 2.45) is 0 Å². The first-order chi connectivity index (χ1) is 21.3. The maximum atomic E-state index is 14.2. The van der Waals surface area contributed by atoms with Gasteiger partial charge in [-0.1, -0.05) is 48.5 Å². The lowest BCUT2D eigenvalue weighted by Gasteiger charge is -2.20. The van der Waals surface area contributed by atoms with Crippen LogP contribution in [0.2, 0.25) is 0 Å². The van der Waals surface area contributed by atoms with Crippen LogP contribution in [0.5, 0.6) is 5.75 Å². The molecule has 0 bridgehead atoms. The van der Waals surface area contributed by atoms with Crippen LogP contribution in [0, 0.1) is 29.1 Å². The first-order valence-electron chi connectivity index (χ1n) is 14.1. The van der Waals surface area contributed by atoms with E-state index in [0.29, 0.717) is 0 Å². The molecule has 4 rings (SSSR count). The Hall–Kier alpha value is -4.68. The highest BCUT2D eigenvalue weighted by Crippen LogP contribution is 2.44. The molecule has 13 heteroatoms. The fraction of sp³-hybridized carbons (Fsp3) is 0.344. The summed E-state index contributed by atoms with van der Waals surface area (Å²) in [6.07, 6.45) is -1.55. The van der Waals surface area contributed by atoms with Crippen LogP contribution < -0.4 is 15.4 Å². The summed E-state index contributed by atoms with van der Waals surface area (Å²) in [5.74, 6) is -15.3. The fourth-order valence-corrected chi connectivity index (χ4v) is 4.86. The molecule has 45 heavy (non-hydrogen) atoms. The minimum absolute atomic E-state index is 0.110. The lowest BCUT2D eigenvalue weighted by molar-refractivity contribution is -0.137. The van der Waals surface area contributed by atoms with E-state index in [0.717, 1.165) is 22.3 Å². The number of esters is 1. The van der Waals surface area contributed by atoms with Crippen molar-refractivity contribution in [3.63, 3.8) is 0 Å². The van der Waals surface area contributed by atoms with Gasteiger partial charge >= 0.3 is 18.2 Å². The molecule has 240 valence electrons. The second-order valence-electron chi connectivity index (χ2n) is 11.3. The number of hydrogen-bond acceptors (Lipinski definition) is 6. The number of fused-ring (bicyclic) bond motifs is 3. The number of hydrogen-bond donors (Lipinski definition) is 2. The van der Waals surface area contributed by atoms with Crippen molar-refractivity contribution < 1.29 is 50.5 Å². The normalized spacial score (nSPS) is 13.0. The quantitative estimate of drug-likeness (QED) is 0.0629. The molecule has 3 aromatic rings. The van der Waals surface area contributed by atoms with Crippen molar-refractivity contribution in [2.75, 3.05) is 13.2 Å². The maximum absolute atomic E-state index is 14.2. The molecule has 3 aromatic carbocycles. The van der Waals surface area contributed by atoms with Crippen molar-refractivity contribution in [1.29, 1.82) is 0 Å². The van der Waals surface area contributed by atoms with Gasteiger partial charge in [0.2, 0.25) is 34.8 Å². The van der Waals surface area contributed by atoms with Crippen LogP contribution in [0.25, 0.3) is 11.1 Å². The number of benzene rings is 3. The fourth-order valence-electron chi connectivity index (χ4n) is 4.86. The largest absolute Gasteiger partial charge is 0.449 e. The summed E-state index contributed by atoms with van der Waals surface area (Å²) in [6, 6.07) is 13.5. The number of rotatable bonds is 10. The van der Waals surface area contributed by atoms with Crippen LogP contribution in [-0.2, 0) is 14.3 Å². The van der Waals surface area contributed by atoms with Gasteiger partial charge in [0.05, 0.1) is 0 Å². The van der Waals surface area contributed by atoms with E-state index in [4.69, 9.17) is 9.47 Å². The van der Waals surface area contributed by atoms with E-state index >= 15 is 0 Å². The van der Waals surface area contributed by atoms with Gasteiger partial charge in [-0.15, -0.1) is 0 Å². The molecule has 2 amide bonds. The Morgan fingerprint density at radius 3 is 1.87 bits per heavy atom. The summed E-state index contributed by atoms with van der Waals surface area (Å²) in [6.45, 7) is 5.03. The van der Waals surface area contributed by atoms with E-state index in [1.807, 2.05) is 48.5 Å². The predicted molar refractivity (Wildman–Crippen MR) is 152 cm³/mol. The monoisotopic (exact) mass is 634 g/mol. The molecule has 2 N–H and O–H groups in total. The number of alkyl carbamates (subject to hydrolysis) is 2. The third-order valence-electron chi connectivity index (χ3n) is 6.88. The van der Waals surface area contributed by atoms with Crippen LogP contribution in [0.1, 0.15) is 57.1 Å². The zero-order valence-corrected chi connectivity index (χ0v) is 24.6. The number of carbonyl (C=O) groups is 3. The van der Waals surface area contributed by atoms with Gasteiger partial charge in [-0.3, -0.25) is 0 Å². The zero-order valence-electron chi connectivity index (χ0n) is 24.6. The SMILES string of the molecule is CC(C)(C)OC(=O)NCCCC[C@@H](NC(=O)OCC1c2ccccc2-c2ccccc21)C(=O)Oc1c(F)c(F)c(F)c(F)c1F. The molecule has 1 atom stereocenters. The summed E-state index contributed by atoms with van der Waals surface area (Å²) in [7, 11) is 0. The Labute approximate surface area is 255 Å². The molecule has 0 aromatic heterocycles. The van der Waals surface area contributed by atoms with E-state index in [1.165, 1.54) is 0 Å². The Bertz CT molecular complexity index is 1520. The Morgan fingerprint density at radius 1 is 0.778 bits per heavy atom. The summed E-state index contributed by atoms with van der Waals surface area (Å²) in [4.78, 5) is 37.6. The third-order valence-corrected chi connectivity index (χ3v) is 6.88. The maximum Gasteiger partial charge on any atom is 0.407 e. The van der Waals surface area contributed by atoms with Crippen LogP contribution in [0.3, 0.4) is 0 Å². The standard InChI is InChI=1S/C32H31F5N2O6/c1-32(2,3)45-30(41)38-15-9-8-14-22(29(40)44-28-26(36)24(34)23(33)25(35)27(28)37)39-31(42)43-16-21-19-12-6-4-10-17(19)18-11-5-7-13-20(18)21/h4-7,10-13,21-22H,8-9,14-16H2,1-3H3,(H,38,41)(H,39,42)/t22-/m1/s1. The van der Waals surface area contributed by atoms with Gasteiger partial charge in [0, 0.05) is 12.5 Å². The number of ether oxygens (including phenoxy) is 3. The lowest BCUT2D eigenvalue weighted by Crippen LogP contribution is -2.44. The molecule has 1 aliphatic carbocycles. The molecule has 0 aliphatic heterocycles. The van der Waals surface area contributed by atoms with Gasteiger partial charge in [-0.05, 0) is 62.3 Å². The van der Waals surface area contributed by atoms with Gasteiger partial charge in [0.1, 0.15) is 18.2 Å². The zero-order chi connectivity index (χ0) is 32.9. The Kier molecular flexibility index (Phi) is 10.3. The molecule has 0 fully saturated rings. The average molecular weight is 635 g/mol. The highest BCUT2D eigenvalue weighted by molar-refractivity contribution is 5.83. The highest BCUT2D eigenvalue weighted by atomic mass is 19.2. The van der Waals surface area contributed by atoms with E-state index in [2.05, 4.69) is 15.4 Å². The van der Waals surface area contributed by atoms with Crippen molar-refractivity contribution >= 4 is 18.2 Å². The number of carbonyl (C=O) groups excluding carboxylic acids is 3. The molecule has 0 heterocycles. The molecular weight excluding hydrogens is 603 g/mol. The van der Waals surface area contributed by atoms with E-state index in [-0.39, 0.29) is 38.3 Å². The summed E-state index contributed by atoms with van der Waals surface area (Å²) in [5, 5.41) is 4.78. The molecule has 0 unspecified atom stereocenters. The average Bonchev–Trinajstić information content (AvgIpc) is 3.32. The first kappa shape index (κ1) is 33.2. The second kappa shape index (κ2) is 14.0. The molecule has 1 aliphatic rings. The van der Waals surface area contributed by atoms with Crippen molar-refractivity contribution in [3.8, 4) is 16.9 Å². The molecule has 0 spiro atoms. The number of unbranched alkanes of at least 4 members (excludes halogenated alkanes) is 1. The van der Waals surface area contributed by atoms with Gasteiger partial charge < -0.3 is 24.8 Å². The van der Waals surface area contributed by atoms with Gasteiger partial charge in [-0.25, -0.2) is 27.6 Å². The van der Waals surface area contributed by atoms with Crippen LogP contribution in [0.15, 0.2) is 48.5 Å². The molecule has 8 nitrogen and oxygen atoms in total. The van der Waals surface area contributed by atoms with E-state index in [9.17, 15) is 36.3 Å². The van der Waals surface area contributed by atoms with Crippen molar-refractivity contribution in [3.05, 3.63) is 88.7 Å². The van der Waals surface area contributed by atoms with E-state index in [1.54, 1.807) is 20.8 Å². The second-order valence-corrected chi connectivity index (χ2v) is 11.3. The van der Waals surface area contributed by atoms with Crippen molar-refractivity contribution in [1.82, 2.24) is 10.6 Å². The van der Waals surface area contributed by atoms with E-state index < -0.39 is 64.6 Å². The smallest absolute Gasteiger partial charge is 0.407 e. The summed E-state index contributed by atoms with van der Waals surface area (Å²) < 4.78 is 84.4. The first-order valence-corrected chi connectivity index (χ1v) is 14.1. The molecule has 0 saturated carbocycles. The van der Waals surface area contributed by atoms with Crippen molar-refractivity contribution in [2.45, 2.75) is 57.6 Å². The minimum atomic E-state index is -2.42. The highest BCUT2D eigenvalue weighted by Gasteiger charge is 2.33. The third kappa shape index (κ3) is 7.89. The summed E-state index contributed by atoms with van der Waals surface area (Å²) in [5.41, 5.74) is 3.07. The van der Waals surface area contributed by atoms with Gasteiger partial charge in [0.25, 0.3) is 0 Å². The minimum Gasteiger partial charge on any atom is -0.449 e. The Balaban J connectivity index is 1.44. The van der Waals surface area contributed by atoms with Crippen LogP contribution in [-0.4, -0.2) is 43.0 Å². The molecular formula is C32H31F5N2O6. The van der Waals surface area contributed by atoms with Gasteiger partial charge in [0.15, 0.2) is 0 Å². The predicted octanol–water partition coefficient (Wildman–Crippen LogP) is 6.89. The number of amides is 2. The lowest BCUT2D eigenvalue weighted by atomic mass is 9.98. The van der Waals surface area contributed by atoms with Crippen LogP contribution >= 0.6 is 0 Å². The summed E-state index contributed by atoms with van der Waals surface area (Å²) >= 11 is 0. The molecule has 0 saturated heterocycles. The number of halogens is 5. The molecule has 0 radical (unpaired) electrons. The Morgan fingerprint density at radius 2 is 1.31 bits per heavy atom. The number of nitrogens with one attached hydrogen (secondary N) is 2.